The average Bonchev–Trinajstić information content (AvgIpc) is 2.44. The van der Waals surface area contributed by atoms with E-state index < -0.39 is 14.0 Å². The summed E-state index contributed by atoms with van der Waals surface area (Å²) in [4.78, 5) is 0. The molecule has 0 bridgehead atoms. The minimum absolute atomic E-state index is 0.301. The summed E-state index contributed by atoms with van der Waals surface area (Å²) in [5.41, 5.74) is -1.05. The van der Waals surface area contributed by atoms with E-state index in [1.165, 1.54) is 0 Å². The first-order valence-corrected chi connectivity index (χ1v) is 6.99. The molecule has 4 nitrogen and oxygen atoms in total. The van der Waals surface area contributed by atoms with Crippen LogP contribution in [0.3, 0.4) is 0 Å². The van der Waals surface area contributed by atoms with Crippen LogP contribution in [0.5, 0.6) is 0 Å². The maximum absolute atomic E-state index is 6.05. The van der Waals surface area contributed by atoms with Crippen LogP contribution in [0.25, 0.3) is 0 Å². The lowest BCUT2D eigenvalue weighted by Gasteiger charge is -2.33. The highest BCUT2D eigenvalue weighted by atomic mass is 16.7. The van der Waals surface area contributed by atoms with Gasteiger partial charge < -0.3 is 18.6 Å². The van der Waals surface area contributed by atoms with Crippen LogP contribution in [0.1, 0.15) is 55.4 Å². The molecule has 1 heterocycles. The second-order valence-corrected chi connectivity index (χ2v) is 7.10. The quantitative estimate of drug-likeness (QED) is 0.720. The Labute approximate surface area is 118 Å². The molecule has 0 aromatic carbocycles. The summed E-state index contributed by atoms with van der Waals surface area (Å²) in [5.74, 6) is 0.368. The summed E-state index contributed by atoms with van der Waals surface area (Å²) in [6.07, 6.45) is 0. The summed E-state index contributed by atoms with van der Waals surface area (Å²) in [5, 5.41) is 0. The van der Waals surface area contributed by atoms with E-state index in [1.807, 2.05) is 27.7 Å². The third-order valence-electron chi connectivity index (χ3n) is 4.54. The van der Waals surface area contributed by atoms with Crippen LogP contribution < -0.4 is 0 Å². The Kier molecular flexibility index (Phi) is 4.83. The van der Waals surface area contributed by atoms with Crippen molar-refractivity contribution < 1.29 is 18.6 Å². The zero-order chi connectivity index (χ0) is 15.1. The molecule has 110 valence electrons. The average molecular weight is 270 g/mol. The number of hydrogen-bond donors (Lipinski definition) is 0. The Morgan fingerprint density at radius 3 is 1.79 bits per heavy atom. The molecule has 1 fully saturated rings. The molecule has 19 heavy (non-hydrogen) atoms. The maximum Gasteiger partial charge on any atom is 0.488 e. The Balaban J connectivity index is 2.79. The van der Waals surface area contributed by atoms with Crippen molar-refractivity contribution in [2.45, 2.75) is 72.2 Å². The van der Waals surface area contributed by atoms with E-state index in [0.29, 0.717) is 5.92 Å². The van der Waals surface area contributed by atoms with Crippen molar-refractivity contribution in [3.63, 3.8) is 0 Å². The summed E-state index contributed by atoms with van der Waals surface area (Å²) in [7, 11) is 0.582. The van der Waals surface area contributed by atoms with Gasteiger partial charge in [-0.2, -0.15) is 0 Å². The smallest absolute Gasteiger partial charge is 0.416 e. The Morgan fingerprint density at radius 1 is 1.05 bits per heavy atom. The van der Waals surface area contributed by atoms with Crippen molar-refractivity contribution in [3.8, 4) is 0 Å². The van der Waals surface area contributed by atoms with Gasteiger partial charge in [-0.1, -0.05) is 13.8 Å². The molecule has 6 heteroatoms. The van der Waals surface area contributed by atoms with Gasteiger partial charge in [-0.25, -0.2) is 0 Å². The molecule has 1 aliphatic rings. The van der Waals surface area contributed by atoms with Gasteiger partial charge in [-0.15, -0.1) is 0 Å². The molecule has 0 aromatic heterocycles. The molecule has 0 saturated carbocycles. The van der Waals surface area contributed by atoms with Crippen LogP contribution in [0.4, 0.5) is 0 Å². The van der Waals surface area contributed by atoms with Gasteiger partial charge in [0.15, 0.2) is 0 Å². The van der Waals surface area contributed by atoms with Gasteiger partial charge in [0.1, 0.15) is 0 Å². The van der Waals surface area contributed by atoms with E-state index in [0.717, 1.165) is 0 Å². The van der Waals surface area contributed by atoms with Crippen LogP contribution in [0.2, 0.25) is 0 Å². The van der Waals surface area contributed by atoms with Crippen molar-refractivity contribution in [2.24, 2.45) is 5.92 Å². The van der Waals surface area contributed by atoms with Gasteiger partial charge in [-0.3, -0.25) is 0 Å². The highest BCUT2D eigenvalue weighted by Crippen LogP contribution is 2.38. The fraction of sp³-hybridized carbons (Fsp3) is 1.00. The van der Waals surface area contributed by atoms with E-state index >= 15 is 0 Å². The third-order valence-corrected chi connectivity index (χ3v) is 4.54. The van der Waals surface area contributed by atoms with Crippen LogP contribution in [0.15, 0.2) is 0 Å². The van der Waals surface area contributed by atoms with Gasteiger partial charge in [-0.05, 0) is 47.5 Å². The zero-order valence-electron chi connectivity index (χ0n) is 13.9. The Morgan fingerprint density at radius 2 is 1.47 bits per heavy atom. The summed E-state index contributed by atoms with van der Waals surface area (Å²) < 4.78 is 23.4. The van der Waals surface area contributed by atoms with Gasteiger partial charge >= 0.3 is 14.0 Å². The lowest BCUT2D eigenvalue weighted by molar-refractivity contribution is 0.00578. The minimum atomic E-state index is -0.529. The fourth-order valence-corrected chi connectivity index (χ4v) is 1.65. The first kappa shape index (κ1) is 17.0. The van der Waals surface area contributed by atoms with Gasteiger partial charge in [0.25, 0.3) is 0 Å². The molecular formula is C13H28B2O4. The standard InChI is InChI=1S/C13H28B2O4/c1-10(2)11(3,4)17-14(16-9)15-18-12(5,6)13(7,8)19-15/h10H,1-9H3. The van der Waals surface area contributed by atoms with Gasteiger partial charge in [0.2, 0.25) is 0 Å². The summed E-state index contributed by atoms with van der Waals surface area (Å²) in [6, 6.07) is 0. The number of hydrogen-bond acceptors (Lipinski definition) is 4. The highest BCUT2D eigenvalue weighted by Gasteiger charge is 2.58. The first-order chi connectivity index (χ1) is 8.43. The molecule has 1 aliphatic heterocycles. The minimum Gasteiger partial charge on any atom is -0.416 e. The van der Waals surface area contributed by atoms with Crippen molar-refractivity contribution in [1.29, 1.82) is 0 Å². The highest BCUT2D eigenvalue weighted by molar-refractivity contribution is 7.11. The number of rotatable bonds is 5. The molecule has 0 spiro atoms. The second kappa shape index (κ2) is 5.40. The lowest BCUT2D eigenvalue weighted by atomic mass is 9.48. The maximum atomic E-state index is 6.05. The molecule has 1 rings (SSSR count). The van der Waals surface area contributed by atoms with Crippen LogP contribution in [-0.2, 0) is 18.6 Å². The van der Waals surface area contributed by atoms with Crippen LogP contribution in [-0.4, -0.2) is 37.9 Å². The van der Waals surface area contributed by atoms with E-state index in [4.69, 9.17) is 18.6 Å². The normalized spacial score (nSPS) is 22.1. The molecule has 1 saturated heterocycles. The monoisotopic (exact) mass is 270 g/mol. The fourth-order valence-electron chi connectivity index (χ4n) is 1.65. The van der Waals surface area contributed by atoms with E-state index in [1.54, 1.807) is 7.11 Å². The van der Waals surface area contributed by atoms with Gasteiger partial charge in [0.05, 0.1) is 16.8 Å². The SMILES string of the molecule is COB(OC(C)(C)C(C)C)B1OC(C)(C)C(C)(C)O1. The third kappa shape index (κ3) is 3.54. The van der Waals surface area contributed by atoms with Gasteiger partial charge in [0, 0.05) is 7.11 Å². The topological polar surface area (TPSA) is 36.9 Å². The Bertz CT molecular complexity index is 300. The molecule has 0 aromatic rings. The van der Waals surface area contributed by atoms with Crippen LogP contribution in [0, 0.1) is 5.92 Å². The second-order valence-electron chi connectivity index (χ2n) is 7.10. The molecule has 0 radical (unpaired) electrons. The van der Waals surface area contributed by atoms with E-state index in [9.17, 15) is 0 Å². The Hall–Kier alpha value is -0.0301. The lowest BCUT2D eigenvalue weighted by Crippen LogP contribution is -2.49. The van der Waals surface area contributed by atoms with Crippen LogP contribution >= 0.6 is 0 Å². The predicted molar refractivity (Wildman–Crippen MR) is 78.8 cm³/mol. The zero-order valence-corrected chi connectivity index (χ0v) is 13.9. The molecular weight excluding hydrogens is 242 g/mol. The largest absolute Gasteiger partial charge is 0.488 e. The molecule has 0 unspecified atom stereocenters. The van der Waals surface area contributed by atoms with Crippen molar-refractivity contribution >= 4 is 14.0 Å². The molecule has 0 atom stereocenters. The van der Waals surface area contributed by atoms with E-state index in [-0.39, 0.29) is 16.8 Å². The van der Waals surface area contributed by atoms with Crippen molar-refractivity contribution in [2.75, 3.05) is 7.11 Å². The summed E-state index contributed by atoms with van der Waals surface area (Å²) in [6.45, 7) is 16.4. The van der Waals surface area contributed by atoms with Crippen molar-refractivity contribution in [3.05, 3.63) is 0 Å². The molecule has 0 amide bonds. The van der Waals surface area contributed by atoms with E-state index in [2.05, 4.69) is 27.7 Å². The van der Waals surface area contributed by atoms with Crippen molar-refractivity contribution in [1.82, 2.24) is 0 Å². The summed E-state index contributed by atoms with van der Waals surface area (Å²) >= 11 is 0. The molecule has 0 N–H and O–H groups in total. The predicted octanol–water partition coefficient (Wildman–Crippen LogP) is 2.74. The molecule has 0 aliphatic carbocycles. The first-order valence-electron chi connectivity index (χ1n) is 6.99.